The fourth-order valence-electron chi connectivity index (χ4n) is 2.49. The predicted molar refractivity (Wildman–Crippen MR) is 95.3 cm³/mol. The Bertz CT molecular complexity index is 1010. The highest BCUT2D eigenvalue weighted by molar-refractivity contribution is 7.13. The van der Waals surface area contributed by atoms with E-state index in [4.69, 9.17) is 11.6 Å². The smallest absolute Gasteiger partial charge is 0.166 e. The molecule has 0 aliphatic heterocycles. The van der Waals surface area contributed by atoms with Gasteiger partial charge in [-0.25, -0.2) is 9.97 Å². The number of nitrogens with zero attached hydrogens (tertiary/aromatic N) is 4. The number of thiophene rings is 1. The Kier molecular flexibility index (Phi) is 3.18. The fourth-order valence-corrected chi connectivity index (χ4v) is 3.52. The second-order valence-electron chi connectivity index (χ2n) is 6.52. The van der Waals surface area contributed by atoms with Gasteiger partial charge in [-0.05, 0) is 17.5 Å². The van der Waals surface area contributed by atoms with Crippen LogP contribution in [-0.4, -0.2) is 19.6 Å². The highest BCUT2D eigenvalue weighted by Gasteiger charge is 2.19. The van der Waals surface area contributed by atoms with Crippen LogP contribution in [0.3, 0.4) is 0 Å². The summed E-state index contributed by atoms with van der Waals surface area (Å²) in [6, 6.07) is 8.08. The van der Waals surface area contributed by atoms with Crippen LogP contribution in [0.15, 0.2) is 35.8 Å². The quantitative estimate of drug-likeness (QED) is 0.459. The van der Waals surface area contributed by atoms with E-state index in [1.807, 2.05) is 35.8 Å². The predicted octanol–water partition coefficient (Wildman–Crippen LogP) is 4.96. The molecular weight excluding hydrogens is 328 g/mol. The van der Waals surface area contributed by atoms with E-state index in [9.17, 15) is 0 Å². The van der Waals surface area contributed by atoms with Crippen molar-refractivity contribution in [3.05, 3.63) is 46.7 Å². The molecule has 4 aromatic rings. The first-order chi connectivity index (χ1) is 10.9. The lowest BCUT2D eigenvalue weighted by Gasteiger charge is -2.13. The maximum Gasteiger partial charge on any atom is 0.166 e. The van der Waals surface area contributed by atoms with E-state index >= 15 is 0 Å². The van der Waals surface area contributed by atoms with Crippen molar-refractivity contribution in [2.45, 2.75) is 26.2 Å². The van der Waals surface area contributed by atoms with Gasteiger partial charge in [0.2, 0.25) is 0 Å². The van der Waals surface area contributed by atoms with Crippen LogP contribution in [0.4, 0.5) is 0 Å². The van der Waals surface area contributed by atoms with E-state index in [-0.39, 0.29) is 5.41 Å². The van der Waals surface area contributed by atoms with Gasteiger partial charge in [-0.1, -0.05) is 38.4 Å². The molecule has 6 heteroatoms. The fraction of sp³-hybridized carbons (Fsp3) is 0.235. The number of rotatable bonds is 1. The molecule has 0 aromatic carbocycles. The van der Waals surface area contributed by atoms with Crippen molar-refractivity contribution in [2.75, 3.05) is 0 Å². The molecule has 0 aliphatic carbocycles. The maximum atomic E-state index is 6.43. The molecule has 0 N–H and O–H groups in total. The van der Waals surface area contributed by atoms with Gasteiger partial charge in [0, 0.05) is 33.5 Å². The number of aromatic nitrogens is 4. The molecule has 0 radical (unpaired) electrons. The van der Waals surface area contributed by atoms with Crippen LogP contribution in [0.2, 0.25) is 5.15 Å². The lowest BCUT2D eigenvalue weighted by atomic mass is 9.93. The van der Waals surface area contributed by atoms with E-state index in [1.165, 1.54) is 0 Å². The minimum Gasteiger partial charge on any atom is -0.236 e. The number of halogens is 1. The zero-order chi connectivity index (χ0) is 16.2. The van der Waals surface area contributed by atoms with E-state index in [2.05, 4.69) is 35.8 Å². The van der Waals surface area contributed by atoms with E-state index in [1.54, 1.807) is 15.9 Å². The van der Waals surface area contributed by atoms with Gasteiger partial charge < -0.3 is 0 Å². The van der Waals surface area contributed by atoms with Gasteiger partial charge in [-0.2, -0.15) is 9.61 Å². The summed E-state index contributed by atoms with van der Waals surface area (Å²) in [6.45, 7) is 6.39. The third kappa shape index (κ3) is 2.40. The van der Waals surface area contributed by atoms with E-state index < -0.39 is 0 Å². The monoisotopic (exact) mass is 342 g/mol. The third-order valence-corrected chi connectivity index (χ3v) is 4.96. The Morgan fingerprint density at radius 1 is 1.22 bits per heavy atom. The van der Waals surface area contributed by atoms with Crippen molar-refractivity contribution in [1.29, 1.82) is 0 Å². The van der Waals surface area contributed by atoms with E-state index in [0.29, 0.717) is 5.15 Å². The summed E-state index contributed by atoms with van der Waals surface area (Å²) in [5, 5.41) is 8.12. The lowest BCUT2D eigenvalue weighted by molar-refractivity contribution is 0.563. The summed E-state index contributed by atoms with van der Waals surface area (Å²) in [5.41, 5.74) is 3.39. The summed E-state index contributed by atoms with van der Waals surface area (Å²) in [4.78, 5) is 10.2. The van der Waals surface area contributed by atoms with Crippen LogP contribution in [0.25, 0.3) is 27.1 Å². The second kappa shape index (κ2) is 5.01. The second-order valence-corrected chi connectivity index (χ2v) is 7.83. The number of pyridine rings is 1. The standard InChI is InChI=1S/C17H15ClN4S/c1-17(2,3)13-8-14-19-9-10-7-11(12-5-4-6-23-12)15(18)20-16(10)22(14)21-13/h4-9H,1-3H3. The Morgan fingerprint density at radius 3 is 2.74 bits per heavy atom. The largest absolute Gasteiger partial charge is 0.236 e. The summed E-state index contributed by atoms with van der Waals surface area (Å²) in [5.74, 6) is 0. The third-order valence-electron chi connectivity index (χ3n) is 3.77. The molecule has 0 spiro atoms. The molecule has 0 fully saturated rings. The topological polar surface area (TPSA) is 43.1 Å². The molecule has 4 nitrogen and oxygen atoms in total. The van der Waals surface area contributed by atoms with Crippen LogP contribution >= 0.6 is 22.9 Å². The van der Waals surface area contributed by atoms with Crippen LogP contribution in [0, 0.1) is 0 Å². The van der Waals surface area contributed by atoms with Crippen molar-refractivity contribution in [2.24, 2.45) is 0 Å². The van der Waals surface area contributed by atoms with Gasteiger partial charge in [0.15, 0.2) is 11.3 Å². The molecule has 0 aliphatic rings. The molecule has 116 valence electrons. The average Bonchev–Trinajstić information content (AvgIpc) is 3.15. The van der Waals surface area contributed by atoms with Crippen molar-refractivity contribution in [1.82, 2.24) is 19.6 Å². The van der Waals surface area contributed by atoms with Crippen molar-refractivity contribution in [3.8, 4) is 10.4 Å². The van der Waals surface area contributed by atoms with Gasteiger partial charge in [0.05, 0.1) is 5.69 Å². The Balaban J connectivity index is 2.00. The van der Waals surface area contributed by atoms with Crippen molar-refractivity contribution < 1.29 is 0 Å². The summed E-state index contributed by atoms with van der Waals surface area (Å²) >= 11 is 8.07. The summed E-state index contributed by atoms with van der Waals surface area (Å²) < 4.78 is 1.78. The van der Waals surface area contributed by atoms with Crippen LogP contribution in [0.5, 0.6) is 0 Å². The van der Waals surface area contributed by atoms with Gasteiger partial charge >= 0.3 is 0 Å². The zero-order valence-electron chi connectivity index (χ0n) is 13.0. The number of hydrogen-bond donors (Lipinski definition) is 0. The molecular formula is C17H15ClN4S. The van der Waals surface area contributed by atoms with E-state index in [0.717, 1.165) is 32.8 Å². The molecule has 0 unspecified atom stereocenters. The minimum atomic E-state index is -0.0409. The molecule has 4 aromatic heterocycles. The van der Waals surface area contributed by atoms with Crippen molar-refractivity contribution >= 4 is 39.6 Å². The SMILES string of the molecule is CC(C)(C)c1cc2ncc3cc(-c4cccs4)c(Cl)nc3n2n1. The van der Waals surface area contributed by atoms with Crippen LogP contribution < -0.4 is 0 Å². The zero-order valence-corrected chi connectivity index (χ0v) is 14.6. The molecule has 0 saturated heterocycles. The minimum absolute atomic E-state index is 0.0409. The number of hydrogen-bond acceptors (Lipinski definition) is 4. The van der Waals surface area contributed by atoms with Crippen LogP contribution in [-0.2, 0) is 5.41 Å². The maximum absolute atomic E-state index is 6.43. The highest BCUT2D eigenvalue weighted by Crippen LogP contribution is 2.33. The molecule has 23 heavy (non-hydrogen) atoms. The first-order valence-electron chi connectivity index (χ1n) is 7.33. The summed E-state index contributed by atoms with van der Waals surface area (Å²) in [7, 11) is 0. The van der Waals surface area contributed by atoms with Crippen molar-refractivity contribution in [3.63, 3.8) is 0 Å². The first-order valence-corrected chi connectivity index (χ1v) is 8.58. The Labute approximate surface area is 142 Å². The average molecular weight is 343 g/mol. The van der Waals surface area contributed by atoms with Gasteiger partial charge in [0.1, 0.15) is 5.15 Å². The first kappa shape index (κ1) is 14.6. The number of fused-ring (bicyclic) bond motifs is 3. The van der Waals surface area contributed by atoms with Gasteiger partial charge in [0.25, 0.3) is 0 Å². The Hall–Kier alpha value is -1.98. The van der Waals surface area contributed by atoms with Crippen LogP contribution in [0.1, 0.15) is 26.5 Å². The highest BCUT2D eigenvalue weighted by atomic mass is 35.5. The van der Waals surface area contributed by atoms with Gasteiger partial charge in [-0.15, -0.1) is 11.3 Å². The normalized spacial score (nSPS) is 12.3. The summed E-state index contributed by atoms with van der Waals surface area (Å²) in [6.07, 6.45) is 1.83. The molecule has 0 amide bonds. The van der Waals surface area contributed by atoms with Gasteiger partial charge in [-0.3, -0.25) is 0 Å². The molecule has 4 heterocycles. The molecule has 0 saturated carbocycles. The molecule has 4 rings (SSSR count). The lowest BCUT2D eigenvalue weighted by Crippen LogP contribution is -2.12. The molecule has 0 atom stereocenters. The molecule has 0 bridgehead atoms. The Morgan fingerprint density at radius 2 is 2.04 bits per heavy atom.